The van der Waals surface area contributed by atoms with Crippen LogP contribution in [0.15, 0.2) is 30.3 Å². The van der Waals surface area contributed by atoms with Crippen molar-refractivity contribution in [3.8, 4) is 0 Å². The van der Waals surface area contributed by atoms with Gasteiger partial charge in [0.15, 0.2) is 0 Å². The molecule has 3 fully saturated rings. The van der Waals surface area contributed by atoms with Crippen molar-refractivity contribution in [2.75, 3.05) is 6.54 Å². The number of piperidine rings is 1. The zero-order valence-electron chi connectivity index (χ0n) is 19.8. The lowest BCUT2D eigenvalue weighted by atomic mass is 9.81. The van der Waals surface area contributed by atoms with Gasteiger partial charge in [-0.1, -0.05) is 41.7 Å². The van der Waals surface area contributed by atoms with E-state index in [0.29, 0.717) is 13.2 Å². The molecule has 2 saturated heterocycles. The van der Waals surface area contributed by atoms with Crippen molar-refractivity contribution in [2.45, 2.75) is 82.7 Å². The second kappa shape index (κ2) is 9.14. The Morgan fingerprint density at radius 1 is 1.15 bits per heavy atom. The van der Waals surface area contributed by atoms with Crippen molar-refractivity contribution >= 4 is 23.5 Å². The van der Waals surface area contributed by atoms with Crippen molar-refractivity contribution in [1.82, 2.24) is 25.5 Å². The molecular weight excluding hydrogens is 454 g/mol. The zero-order valence-corrected chi connectivity index (χ0v) is 20.6. The van der Waals surface area contributed by atoms with Crippen LogP contribution in [0.2, 0.25) is 0 Å². The summed E-state index contributed by atoms with van der Waals surface area (Å²) in [4.78, 5) is 32.8. The highest BCUT2D eigenvalue weighted by molar-refractivity contribution is 7.11. The molecular formula is C24H31N5O4S. The first kappa shape index (κ1) is 23.0. The Balaban J connectivity index is 1.15. The van der Waals surface area contributed by atoms with E-state index in [2.05, 4.69) is 15.5 Å². The van der Waals surface area contributed by atoms with E-state index in [-0.39, 0.29) is 36.2 Å². The SMILES string of the molecule is CC(C)(C)OC(=O)NC1CC(c2nnc([C@@H]3CCC4CN3C(=O)N4OCc3ccccc3)s2)C1. The number of hydroxylamine groups is 2. The number of rotatable bonds is 6. The van der Waals surface area contributed by atoms with E-state index in [1.165, 1.54) is 0 Å². The fourth-order valence-electron chi connectivity index (χ4n) is 4.73. The molecule has 182 valence electrons. The van der Waals surface area contributed by atoms with Gasteiger partial charge in [-0.25, -0.2) is 9.59 Å². The number of urea groups is 1. The predicted octanol–water partition coefficient (Wildman–Crippen LogP) is 4.38. The molecule has 2 bridgehead atoms. The Labute approximate surface area is 203 Å². The van der Waals surface area contributed by atoms with Gasteiger partial charge in [-0.2, -0.15) is 5.06 Å². The first-order chi connectivity index (χ1) is 16.3. The van der Waals surface area contributed by atoms with Crippen LogP contribution in [0.5, 0.6) is 0 Å². The topological polar surface area (TPSA) is 96.9 Å². The average Bonchev–Trinajstić information content (AvgIpc) is 3.33. The minimum absolute atomic E-state index is 0.0592. The molecule has 5 rings (SSSR count). The monoisotopic (exact) mass is 485 g/mol. The highest BCUT2D eigenvalue weighted by Crippen LogP contribution is 2.43. The smallest absolute Gasteiger partial charge is 0.407 e. The summed E-state index contributed by atoms with van der Waals surface area (Å²) in [5, 5.41) is 15.2. The Hall–Kier alpha value is -2.72. The van der Waals surface area contributed by atoms with Gasteiger partial charge in [0.2, 0.25) is 0 Å². The summed E-state index contributed by atoms with van der Waals surface area (Å²) in [5.74, 6) is 0.280. The molecule has 1 saturated carbocycles. The number of hydrogen-bond acceptors (Lipinski definition) is 7. The van der Waals surface area contributed by atoms with Crippen molar-refractivity contribution in [1.29, 1.82) is 0 Å². The third-order valence-electron chi connectivity index (χ3n) is 6.49. The van der Waals surface area contributed by atoms with Crippen molar-refractivity contribution in [3.05, 3.63) is 45.9 Å². The third kappa shape index (κ3) is 4.88. The molecule has 2 aliphatic heterocycles. The number of fused-ring (bicyclic) bond motifs is 2. The molecule has 3 amide bonds. The van der Waals surface area contributed by atoms with Gasteiger partial charge >= 0.3 is 12.1 Å². The lowest BCUT2D eigenvalue weighted by Crippen LogP contribution is -2.45. The van der Waals surface area contributed by atoms with Gasteiger partial charge in [0.05, 0.1) is 12.1 Å². The summed E-state index contributed by atoms with van der Waals surface area (Å²) in [6.45, 7) is 6.59. The van der Waals surface area contributed by atoms with Gasteiger partial charge in [-0.05, 0) is 52.0 Å². The lowest BCUT2D eigenvalue weighted by molar-refractivity contribution is -0.140. The number of nitrogens with zero attached hydrogens (tertiary/aromatic N) is 4. The summed E-state index contributed by atoms with van der Waals surface area (Å²) in [6, 6.07) is 9.90. The van der Waals surface area contributed by atoms with E-state index in [1.807, 2.05) is 56.0 Å². The molecule has 2 atom stereocenters. The highest BCUT2D eigenvalue weighted by Gasteiger charge is 2.47. The molecule has 34 heavy (non-hydrogen) atoms. The molecule has 1 unspecified atom stereocenters. The van der Waals surface area contributed by atoms with E-state index in [4.69, 9.17) is 9.57 Å². The molecule has 0 radical (unpaired) electrons. The number of alkyl carbamates (subject to hydrolysis) is 1. The molecule has 2 aromatic rings. The van der Waals surface area contributed by atoms with Crippen LogP contribution in [-0.4, -0.2) is 56.5 Å². The number of hydrogen-bond donors (Lipinski definition) is 1. The Bertz CT molecular complexity index is 1030. The molecule has 9 nitrogen and oxygen atoms in total. The summed E-state index contributed by atoms with van der Waals surface area (Å²) >= 11 is 1.59. The van der Waals surface area contributed by atoms with Crippen LogP contribution in [0, 0.1) is 0 Å². The van der Waals surface area contributed by atoms with Crippen molar-refractivity contribution < 1.29 is 19.2 Å². The Morgan fingerprint density at radius 2 is 1.88 bits per heavy atom. The fraction of sp³-hybridized carbons (Fsp3) is 0.583. The summed E-state index contributed by atoms with van der Waals surface area (Å²) in [6.07, 6.45) is 3.00. The van der Waals surface area contributed by atoms with Gasteiger partial charge in [0, 0.05) is 18.5 Å². The molecule has 10 heteroatoms. The van der Waals surface area contributed by atoms with Crippen LogP contribution in [0.25, 0.3) is 0 Å². The third-order valence-corrected chi connectivity index (χ3v) is 7.67. The number of benzene rings is 1. The minimum atomic E-state index is -0.504. The van der Waals surface area contributed by atoms with E-state index in [0.717, 1.165) is 41.3 Å². The number of carbonyl (C=O) groups is 2. The standard InChI is InChI=1S/C24H31N5O4S/c1-24(2,3)33-22(30)25-17-11-16(12-17)20-26-27-21(34-20)19-10-9-18-13-28(19)23(31)29(18)32-14-15-7-5-4-6-8-15/h4-8,16-19H,9-14H2,1-3H3,(H,25,30)/t16?,17?,18?,19-/m0/s1. The minimum Gasteiger partial charge on any atom is -0.444 e. The highest BCUT2D eigenvalue weighted by atomic mass is 32.1. The maximum atomic E-state index is 13.1. The first-order valence-electron chi connectivity index (χ1n) is 11.9. The predicted molar refractivity (Wildman–Crippen MR) is 126 cm³/mol. The quantitative estimate of drug-likeness (QED) is 0.652. The van der Waals surface area contributed by atoms with Gasteiger partial charge in [-0.15, -0.1) is 10.2 Å². The van der Waals surface area contributed by atoms with E-state index >= 15 is 0 Å². The lowest BCUT2D eigenvalue weighted by Gasteiger charge is -2.34. The number of ether oxygens (including phenoxy) is 1. The van der Waals surface area contributed by atoms with Crippen LogP contribution < -0.4 is 5.32 Å². The largest absolute Gasteiger partial charge is 0.444 e. The number of nitrogens with one attached hydrogen (secondary N) is 1. The maximum absolute atomic E-state index is 13.1. The van der Waals surface area contributed by atoms with Gasteiger partial charge < -0.3 is 15.0 Å². The summed E-state index contributed by atoms with van der Waals surface area (Å²) in [5.41, 5.74) is 0.534. The van der Waals surface area contributed by atoms with Gasteiger partial charge in [0.25, 0.3) is 0 Å². The van der Waals surface area contributed by atoms with E-state index < -0.39 is 5.60 Å². The van der Waals surface area contributed by atoms with Crippen LogP contribution in [0.1, 0.15) is 74.0 Å². The Kier molecular flexibility index (Phi) is 6.20. The summed E-state index contributed by atoms with van der Waals surface area (Å²) in [7, 11) is 0. The maximum Gasteiger partial charge on any atom is 0.407 e. The van der Waals surface area contributed by atoms with E-state index in [9.17, 15) is 9.59 Å². The molecule has 1 N–H and O–H groups in total. The van der Waals surface area contributed by atoms with Gasteiger partial charge in [-0.3, -0.25) is 4.84 Å². The average molecular weight is 486 g/mol. The first-order valence-corrected chi connectivity index (χ1v) is 12.7. The van der Waals surface area contributed by atoms with Crippen molar-refractivity contribution in [2.24, 2.45) is 0 Å². The van der Waals surface area contributed by atoms with Crippen LogP contribution >= 0.6 is 11.3 Å². The molecule has 0 spiro atoms. The molecule has 1 aromatic carbocycles. The second-order valence-corrected chi connectivity index (χ2v) is 11.3. The van der Waals surface area contributed by atoms with E-state index in [1.54, 1.807) is 16.4 Å². The summed E-state index contributed by atoms with van der Waals surface area (Å²) < 4.78 is 5.33. The zero-order chi connectivity index (χ0) is 23.9. The normalized spacial score (nSPS) is 26.4. The number of carbonyl (C=O) groups excluding carboxylic acids is 2. The van der Waals surface area contributed by atoms with Crippen LogP contribution in [0.4, 0.5) is 9.59 Å². The second-order valence-electron chi connectivity index (χ2n) is 10.3. The van der Waals surface area contributed by atoms with Crippen LogP contribution in [0.3, 0.4) is 0 Å². The molecule has 1 aromatic heterocycles. The molecule has 3 aliphatic rings. The number of amides is 3. The molecule has 1 aliphatic carbocycles. The number of aromatic nitrogens is 2. The van der Waals surface area contributed by atoms with Gasteiger partial charge in [0.1, 0.15) is 22.2 Å². The van der Waals surface area contributed by atoms with Crippen LogP contribution in [-0.2, 0) is 16.2 Å². The molecule has 3 heterocycles. The fourth-order valence-corrected chi connectivity index (χ4v) is 5.85. The Morgan fingerprint density at radius 3 is 2.62 bits per heavy atom. The van der Waals surface area contributed by atoms with Crippen molar-refractivity contribution in [3.63, 3.8) is 0 Å².